The number of hydrogen-bond donors (Lipinski definition) is 0. The minimum Gasteiger partial charge on any atom is -0.268 e. The average molecular weight is 463 g/mol. The van der Waals surface area contributed by atoms with Gasteiger partial charge in [0.2, 0.25) is 0 Å². The molecular formula is C22H11Cl4NO2. The van der Waals surface area contributed by atoms with Crippen LogP contribution in [0, 0.1) is 0 Å². The standard InChI is InChI=1S/C22H11Cl4NO2/c23-17-15-16(18(24)20(26)19(17)25)22(29)27(21(15)28)14-10-8-13(9-11-14)7-6-12-4-2-1-3-5-12/h1-11H/b7-6-. The number of nitrogens with zero attached hydrogens (tertiary/aromatic N) is 1. The summed E-state index contributed by atoms with van der Waals surface area (Å²) in [6.45, 7) is 0. The second kappa shape index (κ2) is 7.85. The maximum atomic E-state index is 12.9. The molecule has 29 heavy (non-hydrogen) atoms. The molecule has 0 radical (unpaired) electrons. The van der Waals surface area contributed by atoms with Crippen LogP contribution >= 0.6 is 46.4 Å². The van der Waals surface area contributed by atoms with Gasteiger partial charge in [0.05, 0.1) is 36.9 Å². The highest BCUT2D eigenvalue weighted by Gasteiger charge is 2.42. The van der Waals surface area contributed by atoms with Gasteiger partial charge in [-0.2, -0.15) is 0 Å². The second-order valence-corrected chi connectivity index (χ2v) is 7.80. The van der Waals surface area contributed by atoms with Gasteiger partial charge in [-0.15, -0.1) is 0 Å². The van der Waals surface area contributed by atoms with Crippen molar-refractivity contribution in [2.75, 3.05) is 4.90 Å². The van der Waals surface area contributed by atoms with Crippen molar-refractivity contribution in [3.05, 3.63) is 96.9 Å². The van der Waals surface area contributed by atoms with Gasteiger partial charge in [0.1, 0.15) is 0 Å². The van der Waals surface area contributed by atoms with E-state index >= 15 is 0 Å². The predicted molar refractivity (Wildman–Crippen MR) is 119 cm³/mol. The number of halogens is 4. The molecule has 0 aromatic heterocycles. The van der Waals surface area contributed by atoms with Crippen LogP contribution < -0.4 is 4.90 Å². The zero-order chi connectivity index (χ0) is 20.7. The molecule has 3 aromatic rings. The Labute approximate surface area is 187 Å². The van der Waals surface area contributed by atoms with Crippen molar-refractivity contribution in [2.24, 2.45) is 0 Å². The maximum absolute atomic E-state index is 12.9. The smallest absolute Gasteiger partial charge is 0.267 e. The monoisotopic (exact) mass is 461 g/mol. The highest BCUT2D eigenvalue weighted by Crippen LogP contribution is 2.45. The summed E-state index contributed by atoms with van der Waals surface area (Å²) >= 11 is 24.4. The third-order valence-electron chi connectivity index (χ3n) is 4.52. The van der Waals surface area contributed by atoms with Crippen LogP contribution in [0.1, 0.15) is 31.8 Å². The minimum atomic E-state index is -0.594. The minimum absolute atomic E-state index is 0.0379. The molecule has 144 valence electrons. The molecule has 0 aliphatic carbocycles. The molecule has 1 aliphatic heterocycles. The molecule has 3 nitrogen and oxygen atoms in total. The van der Waals surface area contributed by atoms with E-state index in [9.17, 15) is 9.59 Å². The van der Waals surface area contributed by atoms with E-state index in [0.29, 0.717) is 5.69 Å². The van der Waals surface area contributed by atoms with Gasteiger partial charge in [-0.05, 0) is 23.3 Å². The van der Waals surface area contributed by atoms with E-state index in [1.807, 2.05) is 54.6 Å². The first-order chi connectivity index (χ1) is 13.9. The first-order valence-electron chi connectivity index (χ1n) is 8.48. The van der Waals surface area contributed by atoms with Crippen molar-refractivity contribution in [3.8, 4) is 0 Å². The summed E-state index contributed by atoms with van der Waals surface area (Å²) in [5.74, 6) is -1.19. The zero-order valence-corrected chi connectivity index (χ0v) is 17.7. The van der Waals surface area contributed by atoms with Crippen molar-refractivity contribution in [3.63, 3.8) is 0 Å². The van der Waals surface area contributed by atoms with Gasteiger partial charge in [-0.1, -0.05) is 101 Å². The fourth-order valence-corrected chi connectivity index (χ4v) is 4.09. The molecule has 0 bridgehead atoms. The Hall–Kier alpha value is -2.30. The summed E-state index contributed by atoms with van der Waals surface area (Å²) in [5, 5.41) is -0.276. The highest BCUT2D eigenvalue weighted by molar-refractivity contribution is 6.56. The number of fused-ring (bicyclic) bond motifs is 1. The van der Waals surface area contributed by atoms with E-state index in [2.05, 4.69) is 0 Å². The number of imide groups is 1. The Morgan fingerprint density at radius 2 is 1.03 bits per heavy atom. The van der Waals surface area contributed by atoms with Crippen LogP contribution in [0.25, 0.3) is 12.2 Å². The lowest BCUT2D eigenvalue weighted by molar-refractivity contribution is 0.0926. The van der Waals surface area contributed by atoms with E-state index < -0.39 is 11.8 Å². The lowest BCUT2D eigenvalue weighted by Gasteiger charge is -2.14. The van der Waals surface area contributed by atoms with Gasteiger partial charge in [-0.3, -0.25) is 9.59 Å². The topological polar surface area (TPSA) is 37.4 Å². The molecule has 0 saturated carbocycles. The van der Waals surface area contributed by atoms with Crippen LogP contribution in [0.4, 0.5) is 5.69 Å². The molecule has 0 N–H and O–H groups in total. The molecule has 2 amide bonds. The molecule has 0 unspecified atom stereocenters. The lowest BCUT2D eigenvalue weighted by Crippen LogP contribution is -2.29. The Bertz CT molecular complexity index is 1120. The molecule has 3 aromatic carbocycles. The highest BCUT2D eigenvalue weighted by atomic mass is 35.5. The summed E-state index contributed by atoms with van der Waals surface area (Å²) in [6.07, 6.45) is 3.91. The van der Waals surface area contributed by atoms with Crippen LogP contribution in [0.2, 0.25) is 20.1 Å². The normalized spacial score (nSPS) is 13.4. The van der Waals surface area contributed by atoms with Crippen molar-refractivity contribution in [1.29, 1.82) is 0 Å². The summed E-state index contributed by atoms with van der Waals surface area (Å²) in [6, 6.07) is 16.8. The molecule has 0 fully saturated rings. The van der Waals surface area contributed by atoms with Gasteiger partial charge in [-0.25, -0.2) is 4.90 Å². The van der Waals surface area contributed by atoms with Crippen molar-refractivity contribution >= 4 is 76.1 Å². The van der Waals surface area contributed by atoms with Crippen molar-refractivity contribution < 1.29 is 9.59 Å². The van der Waals surface area contributed by atoms with E-state index in [1.54, 1.807) is 12.1 Å². The lowest BCUT2D eigenvalue weighted by atomic mass is 10.1. The number of anilines is 1. The predicted octanol–water partition coefficient (Wildman–Crippen LogP) is 7.27. The number of hydrogen-bond acceptors (Lipinski definition) is 2. The summed E-state index contributed by atoms with van der Waals surface area (Å²) < 4.78 is 0. The van der Waals surface area contributed by atoms with Gasteiger partial charge in [0.25, 0.3) is 11.8 Å². The van der Waals surface area contributed by atoms with Crippen molar-refractivity contribution in [1.82, 2.24) is 0 Å². The van der Waals surface area contributed by atoms with E-state index in [4.69, 9.17) is 46.4 Å². The van der Waals surface area contributed by atoms with Gasteiger partial charge in [0.15, 0.2) is 0 Å². The number of carbonyl (C=O) groups excluding carboxylic acids is 2. The Kier molecular flexibility index (Phi) is 5.41. The maximum Gasteiger partial charge on any atom is 0.267 e. The molecule has 0 atom stereocenters. The van der Waals surface area contributed by atoms with Crippen LogP contribution in [0.15, 0.2) is 54.6 Å². The van der Waals surface area contributed by atoms with Gasteiger partial charge < -0.3 is 0 Å². The molecule has 0 saturated heterocycles. The first kappa shape index (κ1) is 20.0. The zero-order valence-electron chi connectivity index (χ0n) is 14.6. The quantitative estimate of drug-likeness (QED) is 0.177. The SMILES string of the molecule is O=C1c2c(Cl)c(Cl)c(Cl)c(Cl)c2C(=O)N1c1ccc(/C=C\c2ccccc2)cc1. The Balaban J connectivity index is 1.67. The van der Waals surface area contributed by atoms with E-state index in [1.165, 1.54) is 0 Å². The number of rotatable bonds is 3. The fourth-order valence-electron chi connectivity index (χ4n) is 3.07. The van der Waals surface area contributed by atoms with Crippen LogP contribution in [0.5, 0.6) is 0 Å². The molecule has 4 rings (SSSR count). The van der Waals surface area contributed by atoms with E-state index in [0.717, 1.165) is 16.0 Å². The Morgan fingerprint density at radius 1 is 0.586 bits per heavy atom. The van der Waals surface area contributed by atoms with Gasteiger partial charge >= 0.3 is 0 Å². The Morgan fingerprint density at radius 3 is 1.52 bits per heavy atom. The molecule has 0 spiro atoms. The summed E-state index contributed by atoms with van der Waals surface area (Å²) in [5.41, 5.74) is 2.30. The summed E-state index contributed by atoms with van der Waals surface area (Å²) in [7, 11) is 0. The number of carbonyl (C=O) groups is 2. The molecule has 1 heterocycles. The van der Waals surface area contributed by atoms with Crippen LogP contribution in [-0.4, -0.2) is 11.8 Å². The van der Waals surface area contributed by atoms with Crippen LogP contribution in [-0.2, 0) is 0 Å². The molecule has 1 aliphatic rings. The second-order valence-electron chi connectivity index (χ2n) is 6.29. The largest absolute Gasteiger partial charge is 0.268 e. The third kappa shape index (κ3) is 3.45. The molecule has 7 heteroatoms. The third-order valence-corrected chi connectivity index (χ3v) is 6.32. The van der Waals surface area contributed by atoms with Gasteiger partial charge in [0, 0.05) is 0 Å². The fraction of sp³-hybridized carbons (Fsp3) is 0. The van der Waals surface area contributed by atoms with Crippen LogP contribution in [0.3, 0.4) is 0 Å². The number of benzene rings is 3. The molecular weight excluding hydrogens is 452 g/mol. The first-order valence-corrected chi connectivity index (χ1v) is 9.99. The number of amides is 2. The average Bonchev–Trinajstić information content (AvgIpc) is 3.00. The van der Waals surface area contributed by atoms with Crippen molar-refractivity contribution in [2.45, 2.75) is 0 Å². The van der Waals surface area contributed by atoms with E-state index in [-0.39, 0.29) is 31.2 Å². The summed E-state index contributed by atoms with van der Waals surface area (Å²) in [4.78, 5) is 26.8.